The average Bonchev–Trinajstić information content (AvgIpc) is 3.24. The third-order valence-electron chi connectivity index (χ3n) is 4.98. The number of carbonyl (C=O) groups is 1. The second-order valence-electron chi connectivity index (χ2n) is 7.27. The van der Waals surface area contributed by atoms with Crippen molar-refractivity contribution in [2.45, 2.75) is 42.7 Å². The topological polar surface area (TPSA) is 116 Å². The number of nitrogens with zero attached hydrogens (tertiary/aromatic N) is 1. The Balaban J connectivity index is 0.00000300. The van der Waals surface area contributed by atoms with Crippen molar-refractivity contribution in [3.05, 3.63) is 17.7 Å². The lowest BCUT2D eigenvalue weighted by atomic mass is 9.95. The lowest BCUT2D eigenvalue weighted by Gasteiger charge is -2.24. The van der Waals surface area contributed by atoms with E-state index in [-0.39, 0.29) is 54.0 Å². The minimum Gasteiger partial charge on any atom is -0.480 e. The average molecular weight is 457 g/mol. The Morgan fingerprint density at radius 1 is 1.38 bits per heavy atom. The van der Waals surface area contributed by atoms with Crippen LogP contribution in [0.5, 0.6) is 5.75 Å². The summed E-state index contributed by atoms with van der Waals surface area (Å²) in [4.78, 5) is 11.0. The molecule has 1 aliphatic carbocycles. The molecular formula is C17H23ClF2N2O6S. The Bertz CT molecular complexity index is 866. The zero-order valence-electron chi connectivity index (χ0n) is 15.5. The van der Waals surface area contributed by atoms with Crippen LogP contribution >= 0.6 is 12.4 Å². The maximum absolute atomic E-state index is 12.9. The first-order valence-electron chi connectivity index (χ1n) is 8.81. The number of hydrogen-bond donors (Lipinski definition) is 3. The predicted molar refractivity (Wildman–Crippen MR) is 102 cm³/mol. The van der Waals surface area contributed by atoms with E-state index in [0.29, 0.717) is 0 Å². The van der Waals surface area contributed by atoms with E-state index in [1.165, 1.54) is 6.07 Å². The largest absolute Gasteiger partial charge is 0.480 e. The zero-order valence-corrected chi connectivity index (χ0v) is 17.2. The molecule has 2 aliphatic rings. The summed E-state index contributed by atoms with van der Waals surface area (Å²) in [7, 11) is -3.82. The van der Waals surface area contributed by atoms with Gasteiger partial charge in [-0.1, -0.05) is 0 Å². The number of benzene rings is 1. The van der Waals surface area contributed by atoms with Crippen LogP contribution < -0.4 is 15.1 Å². The zero-order chi connectivity index (χ0) is 20.6. The van der Waals surface area contributed by atoms with Crippen molar-refractivity contribution in [3.63, 3.8) is 0 Å². The fourth-order valence-corrected chi connectivity index (χ4v) is 4.38. The van der Waals surface area contributed by atoms with E-state index < -0.39 is 40.1 Å². The molecule has 0 spiro atoms. The van der Waals surface area contributed by atoms with Gasteiger partial charge in [0.05, 0.1) is 4.90 Å². The Labute approximate surface area is 173 Å². The molecule has 1 unspecified atom stereocenters. The predicted octanol–water partition coefficient (Wildman–Crippen LogP) is 2.25. The van der Waals surface area contributed by atoms with E-state index in [1.54, 1.807) is 0 Å². The van der Waals surface area contributed by atoms with Crippen molar-refractivity contribution in [2.24, 2.45) is 5.92 Å². The van der Waals surface area contributed by atoms with Crippen LogP contribution in [0.15, 0.2) is 17.0 Å². The molecule has 12 heteroatoms. The Hall–Kier alpha value is -1.69. The molecule has 1 saturated carbocycles. The van der Waals surface area contributed by atoms with E-state index in [0.717, 1.165) is 30.2 Å². The van der Waals surface area contributed by atoms with Gasteiger partial charge in [-0.05, 0) is 42.7 Å². The van der Waals surface area contributed by atoms with Crippen LogP contribution in [-0.4, -0.2) is 56.7 Å². The first-order valence-corrected chi connectivity index (χ1v) is 10.7. The lowest BCUT2D eigenvalue weighted by Crippen LogP contribution is -2.29. The van der Waals surface area contributed by atoms with Gasteiger partial charge in [0.2, 0.25) is 0 Å². The molecule has 1 saturated heterocycles. The number of ether oxygens (including phenoxy) is 1. The quantitative estimate of drug-likeness (QED) is 0.510. The second kappa shape index (κ2) is 8.99. The Kier molecular flexibility index (Phi) is 7.31. The summed E-state index contributed by atoms with van der Waals surface area (Å²) in [6.45, 7) is -2.78. The lowest BCUT2D eigenvalue weighted by molar-refractivity contribution is -0.139. The summed E-state index contributed by atoms with van der Waals surface area (Å²) < 4.78 is 54.7. The molecule has 1 aromatic carbocycles. The van der Waals surface area contributed by atoms with Crippen LogP contribution in [0.1, 0.15) is 30.7 Å². The van der Waals surface area contributed by atoms with Crippen LogP contribution in [0.4, 0.5) is 14.5 Å². The van der Waals surface area contributed by atoms with Gasteiger partial charge in [0.25, 0.3) is 0 Å². The number of anilines is 1. The van der Waals surface area contributed by atoms with Gasteiger partial charge < -0.3 is 15.2 Å². The molecule has 0 radical (unpaired) electrons. The van der Waals surface area contributed by atoms with E-state index in [1.807, 2.05) is 0 Å². The number of sulfone groups is 1. The molecule has 1 heterocycles. The normalized spacial score (nSPS) is 21.7. The second-order valence-corrected chi connectivity index (χ2v) is 9.25. The number of aliphatic carboxylic acids is 1. The van der Waals surface area contributed by atoms with Gasteiger partial charge >= 0.3 is 12.6 Å². The molecule has 3 N–H and O–H groups in total. The monoisotopic (exact) mass is 456 g/mol. The highest BCUT2D eigenvalue weighted by atomic mass is 35.5. The van der Waals surface area contributed by atoms with Gasteiger partial charge in [-0.3, -0.25) is 15.1 Å². The van der Waals surface area contributed by atoms with Gasteiger partial charge in [0, 0.05) is 25.4 Å². The van der Waals surface area contributed by atoms with Crippen LogP contribution in [0.25, 0.3) is 0 Å². The number of rotatable bonds is 8. The molecule has 2 fully saturated rings. The molecule has 0 aromatic heterocycles. The van der Waals surface area contributed by atoms with Gasteiger partial charge in [-0.25, -0.2) is 8.42 Å². The number of carboxylic acid groups (broad SMARTS) is 1. The van der Waals surface area contributed by atoms with Crippen LogP contribution in [0, 0.1) is 5.92 Å². The maximum atomic E-state index is 12.9. The highest BCUT2D eigenvalue weighted by molar-refractivity contribution is 7.90. The molecular weight excluding hydrogens is 434 g/mol. The first-order chi connectivity index (χ1) is 13.1. The third-order valence-corrected chi connectivity index (χ3v) is 6.13. The molecule has 3 rings (SSSR count). The first kappa shape index (κ1) is 23.6. The number of nitrogens with one attached hydrogen (secondary N) is 1. The van der Waals surface area contributed by atoms with Crippen molar-refractivity contribution in [1.82, 2.24) is 5.32 Å². The van der Waals surface area contributed by atoms with E-state index in [4.69, 9.17) is 5.11 Å². The molecule has 8 nitrogen and oxygen atoms in total. The number of alkyl halides is 2. The third kappa shape index (κ3) is 5.68. The van der Waals surface area contributed by atoms with Crippen molar-refractivity contribution in [1.29, 1.82) is 0 Å². The summed E-state index contributed by atoms with van der Waals surface area (Å²) >= 11 is 0. The van der Waals surface area contributed by atoms with Crippen molar-refractivity contribution in [2.75, 3.05) is 24.4 Å². The number of carboxylic acids is 1. The Morgan fingerprint density at radius 3 is 2.52 bits per heavy atom. The van der Waals surface area contributed by atoms with Crippen LogP contribution in [0.3, 0.4) is 0 Å². The molecule has 29 heavy (non-hydrogen) atoms. The maximum Gasteiger partial charge on any atom is 0.387 e. The molecule has 0 amide bonds. The summed E-state index contributed by atoms with van der Waals surface area (Å²) in [6, 6.07) is 1.46. The molecule has 0 bridgehead atoms. The molecule has 164 valence electrons. The Morgan fingerprint density at radius 2 is 2.03 bits per heavy atom. The highest BCUT2D eigenvalue weighted by Gasteiger charge is 2.35. The van der Waals surface area contributed by atoms with Crippen LogP contribution in [0.2, 0.25) is 0 Å². The number of hydrogen-bond acceptors (Lipinski definition) is 7. The van der Waals surface area contributed by atoms with Gasteiger partial charge in [0.1, 0.15) is 11.7 Å². The van der Waals surface area contributed by atoms with E-state index in [9.17, 15) is 27.2 Å². The smallest absolute Gasteiger partial charge is 0.387 e. The van der Waals surface area contributed by atoms with Crippen LogP contribution in [-0.2, 0) is 14.6 Å². The molecule has 1 aromatic rings. The van der Waals surface area contributed by atoms with Gasteiger partial charge in [-0.15, -0.1) is 12.4 Å². The fraction of sp³-hybridized carbons (Fsp3) is 0.588. The molecule has 1 aliphatic heterocycles. The summed E-state index contributed by atoms with van der Waals surface area (Å²) in [5, 5.41) is 23.1. The SMILES string of the molecule is CS(=O)(=O)c1cc(OC(F)F)c(N(O)CC2CC2)cc1C1CN[C@@H](C(=O)O)C1.Cl. The van der Waals surface area contributed by atoms with Crippen molar-refractivity contribution < 1.29 is 37.0 Å². The van der Waals surface area contributed by atoms with E-state index >= 15 is 0 Å². The summed E-state index contributed by atoms with van der Waals surface area (Å²) in [5.74, 6) is -1.74. The highest BCUT2D eigenvalue weighted by Crippen LogP contribution is 2.41. The number of hydroxylamine groups is 1. The standard InChI is InChI=1S/C17H22F2N2O6S.ClH/c1-28(25,26)15-6-14(27-17(18)19)13(21(24)8-9-2-3-9)5-11(15)10-4-12(16(22)23)20-7-10;/h5-6,9-10,12,17,20,24H,2-4,7-8H2,1H3,(H,22,23);1H/t10?,12-;/m1./s1. The summed E-state index contributed by atoms with van der Waals surface area (Å²) in [6.07, 6.45) is 2.89. The minimum absolute atomic E-state index is 0. The minimum atomic E-state index is -3.82. The fourth-order valence-electron chi connectivity index (χ4n) is 3.40. The molecule has 2 atom stereocenters. The number of halogens is 3. The van der Waals surface area contributed by atoms with E-state index in [2.05, 4.69) is 10.1 Å². The van der Waals surface area contributed by atoms with Gasteiger partial charge in [-0.2, -0.15) is 8.78 Å². The summed E-state index contributed by atoms with van der Waals surface area (Å²) in [5.41, 5.74) is 0.207. The van der Waals surface area contributed by atoms with Crippen molar-refractivity contribution in [3.8, 4) is 5.75 Å². The van der Waals surface area contributed by atoms with Gasteiger partial charge in [0.15, 0.2) is 15.6 Å². The van der Waals surface area contributed by atoms with Crippen molar-refractivity contribution >= 4 is 33.9 Å².